The van der Waals surface area contributed by atoms with Gasteiger partial charge in [-0.05, 0) is 31.2 Å². The predicted octanol–water partition coefficient (Wildman–Crippen LogP) is 2.32. The van der Waals surface area contributed by atoms with Crippen LogP contribution in [0, 0.1) is 6.92 Å². The fraction of sp³-hybridized carbons (Fsp3) is 0.481. The minimum Gasteiger partial charge on any atom is -0.493 e. The van der Waals surface area contributed by atoms with Crippen molar-refractivity contribution in [2.75, 3.05) is 73.7 Å². The number of aryl methyl sites for hydroxylation is 1. The number of hydrogen-bond donors (Lipinski definition) is 0. The Kier molecular flexibility index (Phi) is 8.32. The molecule has 2 aromatic carbocycles. The van der Waals surface area contributed by atoms with Crippen LogP contribution in [0.5, 0.6) is 17.2 Å². The molecule has 4 rings (SSSR count). The molecule has 9 nitrogen and oxygen atoms in total. The van der Waals surface area contributed by atoms with Gasteiger partial charge in [-0.2, -0.15) is 0 Å². The number of morpholine rings is 1. The third kappa shape index (κ3) is 5.74. The van der Waals surface area contributed by atoms with Gasteiger partial charge in [0.15, 0.2) is 11.5 Å². The first-order chi connectivity index (χ1) is 17.4. The Morgan fingerprint density at radius 3 is 2.03 bits per heavy atom. The van der Waals surface area contributed by atoms with Gasteiger partial charge in [0.1, 0.15) is 0 Å². The van der Waals surface area contributed by atoms with Crippen molar-refractivity contribution in [1.29, 1.82) is 0 Å². The van der Waals surface area contributed by atoms with Gasteiger partial charge in [0.25, 0.3) is 11.8 Å². The summed E-state index contributed by atoms with van der Waals surface area (Å²) in [5.41, 5.74) is 2.34. The monoisotopic (exact) mass is 497 g/mol. The SMILES string of the molecule is COc1cc(C(=O)N2CCN(CC3CN(C(=O)c4ccc(C)cc4)CCO3)CC2)cc(OC)c1OC. The molecule has 36 heavy (non-hydrogen) atoms. The van der Waals surface area contributed by atoms with Gasteiger partial charge in [0.05, 0.1) is 34.0 Å². The summed E-state index contributed by atoms with van der Waals surface area (Å²) in [7, 11) is 4.61. The van der Waals surface area contributed by atoms with E-state index in [4.69, 9.17) is 18.9 Å². The fourth-order valence-corrected chi connectivity index (χ4v) is 4.70. The average Bonchev–Trinajstić information content (AvgIpc) is 2.92. The van der Waals surface area contributed by atoms with E-state index >= 15 is 0 Å². The summed E-state index contributed by atoms with van der Waals surface area (Å²) in [5, 5.41) is 0. The second-order valence-electron chi connectivity index (χ2n) is 9.12. The molecule has 1 atom stereocenters. The number of nitrogens with zero attached hydrogens (tertiary/aromatic N) is 3. The van der Waals surface area contributed by atoms with Gasteiger partial charge in [-0.15, -0.1) is 0 Å². The van der Waals surface area contributed by atoms with Crippen molar-refractivity contribution in [2.24, 2.45) is 0 Å². The van der Waals surface area contributed by atoms with E-state index in [1.54, 1.807) is 12.1 Å². The number of rotatable bonds is 7. The van der Waals surface area contributed by atoms with E-state index in [1.807, 2.05) is 41.0 Å². The number of piperazine rings is 1. The Morgan fingerprint density at radius 1 is 0.833 bits per heavy atom. The Labute approximate surface area is 212 Å². The van der Waals surface area contributed by atoms with Crippen molar-refractivity contribution in [3.05, 3.63) is 53.1 Å². The third-order valence-corrected chi connectivity index (χ3v) is 6.76. The van der Waals surface area contributed by atoms with Crippen LogP contribution in [0.1, 0.15) is 26.3 Å². The van der Waals surface area contributed by atoms with Crippen LogP contribution >= 0.6 is 0 Å². The zero-order valence-electron chi connectivity index (χ0n) is 21.5. The molecule has 2 aliphatic rings. The highest BCUT2D eigenvalue weighted by molar-refractivity contribution is 5.96. The van der Waals surface area contributed by atoms with E-state index in [-0.39, 0.29) is 17.9 Å². The van der Waals surface area contributed by atoms with Crippen LogP contribution in [0.25, 0.3) is 0 Å². The molecule has 0 spiro atoms. The molecule has 0 N–H and O–H groups in total. The molecule has 194 valence electrons. The molecule has 2 saturated heterocycles. The second kappa shape index (κ2) is 11.6. The molecular weight excluding hydrogens is 462 g/mol. The summed E-state index contributed by atoms with van der Waals surface area (Å²) < 4.78 is 22.1. The van der Waals surface area contributed by atoms with E-state index in [0.29, 0.717) is 61.2 Å². The molecule has 0 saturated carbocycles. The van der Waals surface area contributed by atoms with Crippen LogP contribution in [0.2, 0.25) is 0 Å². The first-order valence-electron chi connectivity index (χ1n) is 12.2. The first kappa shape index (κ1) is 25.8. The Balaban J connectivity index is 1.32. The summed E-state index contributed by atoms with van der Waals surface area (Å²) in [5.74, 6) is 1.35. The summed E-state index contributed by atoms with van der Waals surface area (Å²) in [6, 6.07) is 11.1. The minimum absolute atomic E-state index is 0.0454. The van der Waals surface area contributed by atoms with E-state index in [0.717, 1.165) is 25.2 Å². The van der Waals surface area contributed by atoms with Crippen molar-refractivity contribution in [2.45, 2.75) is 13.0 Å². The maximum atomic E-state index is 13.2. The van der Waals surface area contributed by atoms with Crippen LogP contribution in [0.4, 0.5) is 0 Å². The molecule has 0 aromatic heterocycles. The van der Waals surface area contributed by atoms with Gasteiger partial charge in [0.2, 0.25) is 5.75 Å². The Morgan fingerprint density at radius 2 is 1.44 bits per heavy atom. The lowest BCUT2D eigenvalue weighted by Crippen LogP contribution is -2.54. The molecular formula is C27H35N3O6. The smallest absolute Gasteiger partial charge is 0.254 e. The topological polar surface area (TPSA) is 80.8 Å². The van der Waals surface area contributed by atoms with Gasteiger partial charge >= 0.3 is 0 Å². The molecule has 1 unspecified atom stereocenters. The fourth-order valence-electron chi connectivity index (χ4n) is 4.70. The van der Waals surface area contributed by atoms with Crippen LogP contribution in [-0.4, -0.2) is 106 Å². The van der Waals surface area contributed by atoms with E-state index in [1.165, 1.54) is 21.3 Å². The Bertz CT molecular complexity index is 1040. The third-order valence-electron chi connectivity index (χ3n) is 6.76. The number of methoxy groups -OCH3 is 3. The molecule has 2 aliphatic heterocycles. The van der Waals surface area contributed by atoms with Crippen molar-refractivity contribution in [3.8, 4) is 17.2 Å². The average molecular weight is 498 g/mol. The van der Waals surface area contributed by atoms with Crippen LogP contribution < -0.4 is 14.2 Å². The number of carbonyl (C=O) groups is 2. The normalized spacial score (nSPS) is 18.6. The van der Waals surface area contributed by atoms with Gasteiger partial charge in [0, 0.05) is 56.9 Å². The summed E-state index contributed by atoms with van der Waals surface area (Å²) in [4.78, 5) is 32.1. The van der Waals surface area contributed by atoms with Gasteiger partial charge < -0.3 is 28.7 Å². The maximum absolute atomic E-state index is 13.2. The van der Waals surface area contributed by atoms with Crippen LogP contribution in [-0.2, 0) is 4.74 Å². The van der Waals surface area contributed by atoms with Gasteiger partial charge in [-0.3, -0.25) is 14.5 Å². The number of ether oxygens (including phenoxy) is 4. The van der Waals surface area contributed by atoms with E-state index in [9.17, 15) is 9.59 Å². The van der Waals surface area contributed by atoms with E-state index in [2.05, 4.69) is 4.90 Å². The van der Waals surface area contributed by atoms with Gasteiger partial charge in [-0.1, -0.05) is 17.7 Å². The zero-order valence-corrected chi connectivity index (χ0v) is 21.5. The van der Waals surface area contributed by atoms with Crippen molar-refractivity contribution >= 4 is 11.8 Å². The predicted molar refractivity (Wildman–Crippen MR) is 135 cm³/mol. The van der Waals surface area contributed by atoms with Crippen LogP contribution in [0.15, 0.2) is 36.4 Å². The molecule has 9 heteroatoms. The minimum atomic E-state index is -0.0716. The number of hydrogen-bond acceptors (Lipinski definition) is 7. The highest BCUT2D eigenvalue weighted by Gasteiger charge is 2.29. The van der Waals surface area contributed by atoms with E-state index < -0.39 is 0 Å². The lowest BCUT2D eigenvalue weighted by atomic mass is 10.1. The second-order valence-corrected chi connectivity index (χ2v) is 9.12. The van der Waals surface area contributed by atoms with Crippen molar-refractivity contribution < 1.29 is 28.5 Å². The lowest BCUT2D eigenvalue weighted by molar-refractivity contribution is -0.0399. The number of amides is 2. The molecule has 2 amide bonds. The highest BCUT2D eigenvalue weighted by Crippen LogP contribution is 2.38. The molecule has 0 radical (unpaired) electrons. The molecule has 0 bridgehead atoms. The summed E-state index contributed by atoms with van der Waals surface area (Å²) >= 11 is 0. The molecule has 2 aromatic rings. The molecule has 2 heterocycles. The molecule has 0 aliphatic carbocycles. The summed E-state index contributed by atoms with van der Waals surface area (Å²) in [6.45, 7) is 7.12. The van der Waals surface area contributed by atoms with Crippen molar-refractivity contribution in [1.82, 2.24) is 14.7 Å². The maximum Gasteiger partial charge on any atom is 0.254 e. The largest absolute Gasteiger partial charge is 0.493 e. The quantitative estimate of drug-likeness (QED) is 0.581. The zero-order chi connectivity index (χ0) is 25.7. The number of carbonyl (C=O) groups excluding carboxylic acids is 2. The van der Waals surface area contributed by atoms with Gasteiger partial charge in [-0.25, -0.2) is 0 Å². The molecule has 2 fully saturated rings. The standard InChI is InChI=1S/C27H35N3O6/c1-19-5-7-20(8-6-19)26(31)30-13-14-36-22(18-30)17-28-9-11-29(12-10-28)27(32)21-15-23(33-2)25(35-4)24(16-21)34-3/h5-8,15-16,22H,9-14,17-18H2,1-4H3. The Hall–Kier alpha value is -3.30. The number of benzene rings is 2. The summed E-state index contributed by atoms with van der Waals surface area (Å²) in [6.07, 6.45) is -0.0505. The van der Waals surface area contributed by atoms with Crippen molar-refractivity contribution in [3.63, 3.8) is 0 Å². The van der Waals surface area contributed by atoms with Crippen LogP contribution in [0.3, 0.4) is 0 Å². The highest BCUT2D eigenvalue weighted by atomic mass is 16.5. The first-order valence-corrected chi connectivity index (χ1v) is 12.2. The lowest BCUT2D eigenvalue weighted by Gasteiger charge is -2.39.